The molecule has 6 nitrogen and oxygen atoms in total. The van der Waals surface area contributed by atoms with E-state index in [-0.39, 0.29) is 23.8 Å². The molecule has 2 amide bonds. The molecule has 3 aliphatic heterocycles. The highest BCUT2D eigenvalue weighted by Gasteiger charge is 2.56. The van der Waals surface area contributed by atoms with Gasteiger partial charge in [-0.15, -0.1) is 0 Å². The summed E-state index contributed by atoms with van der Waals surface area (Å²) in [6.45, 7) is 4.61. The normalized spacial score (nSPS) is 33.0. The van der Waals surface area contributed by atoms with E-state index in [9.17, 15) is 9.59 Å². The molecule has 3 saturated heterocycles. The zero-order valence-electron chi connectivity index (χ0n) is 14.0. The molecule has 1 aromatic rings. The Bertz CT molecular complexity index is 644. The number of pyridine rings is 1. The molecule has 0 bridgehead atoms. The Labute approximate surface area is 141 Å². The Kier molecular flexibility index (Phi) is 3.79. The predicted octanol–water partition coefficient (Wildman–Crippen LogP) is 1.46. The van der Waals surface area contributed by atoms with Crippen LogP contribution in [-0.4, -0.2) is 54.0 Å². The molecule has 0 radical (unpaired) electrons. The van der Waals surface area contributed by atoms with Crippen molar-refractivity contribution in [3.8, 4) is 0 Å². The fraction of sp³-hybridized carbons (Fsp3) is 0.611. The van der Waals surface area contributed by atoms with Crippen molar-refractivity contribution < 1.29 is 14.3 Å². The van der Waals surface area contributed by atoms with Crippen molar-refractivity contribution in [2.75, 3.05) is 31.1 Å². The van der Waals surface area contributed by atoms with Crippen LogP contribution in [0.5, 0.6) is 0 Å². The number of rotatable bonds is 2. The first-order valence-corrected chi connectivity index (χ1v) is 8.74. The summed E-state index contributed by atoms with van der Waals surface area (Å²) in [5, 5.41) is 0. The minimum absolute atomic E-state index is 0.0591. The molecule has 24 heavy (non-hydrogen) atoms. The summed E-state index contributed by atoms with van der Waals surface area (Å²) in [7, 11) is 0. The van der Waals surface area contributed by atoms with Crippen molar-refractivity contribution in [2.24, 2.45) is 11.3 Å². The molecule has 1 spiro atoms. The number of carbonyl (C=O) groups excluding carboxylic acids is 2. The first-order chi connectivity index (χ1) is 11.6. The van der Waals surface area contributed by atoms with Crippen LogP contribution in [0, 0.1) is 11.3 Å². The Balaban J connectivity index is 1.53. The second kappa shape index (κ2) is 5.84. The monoisotopic (exact) mass is 329 g/mol. The van der Waals surface area contributed by atoms with Crippen LogP contribution < -0.4 is 4.90 Å². The van der Waals surface area contributed by atoms with E-state index < -0.39 is 5.41 Å². The SMILES string of the molecule is CC1CN(C(=O)[C@H]2CCCO2)C[C@]12CCN(c1cccnc1)C2=O. The number of hydrogen-bond acceptors (Lipinski definition) is 4. The van der Waals surface area contributed by atoms with Crippen LogP contribution in [-0.2, 0) is 14.3 Å². The van der Waals surface area contributed by atoms with Gasteiger partial charge in [-0.1, -0.05) is 6.92 Å². The average molecular weight is 329 g/mol. The molecule has 1 aromatic heterocycles. The fourth-order valence-corrected chi connectivity index (χ4v) is 4.36. The number of anilines is 1. The zero-order chi connectivity index (χ0) is 16.7. The Morgan fingerprint density at radius 1 is 1.46 bits per heavy atom. The molecule has 4 rings (SSSR count). The van der Waals surface area contributed by atoms with Gasteiger partial charge in [0.2, 0.25) is 5.91 Å². The van der Waals surface area contributed by atoms with E-state index in [0.717, 1.165) is 24.9 Å². The summed E-state index contributed by atoms with van der Waals surface area (Å²) in [5.74, 6) is 0.353. The molecular formula is C18H23N3O3. The summed E-state index contributed by atoms with van der Waals surface area (Å²) in [5.41, 5.74) is 0.389. The molecule has 0 aliphatic carbocycles. The zero-order valence-corrected chi connectivity index (χ0v) is 14.0. The molecule has 3 atom stereocenters. The first-order valence-electron chi connectivity index (χ1n) is 8.74. The number of hydrogen-bond donors (Lipinski definition) is 0. The second-order valence-corrected chi connectivity index (χ2v) is 7.20. The summed E-state index contributed by atoms with van der Waals surface area (Å²) in [4.78, 5) is 33.6. The van der Waals surface area contributed by atoms with Gasteiger partial charge in [0.25, 0.3) is 5.91 Å². The van der Waals surface area contributed by atoms with Crippen LogP contribution in [0.2, 0.25) is 0 Å². The third kappa shape index (κ3) is 2.32. The molecule has 128 valence electrons. The van der Waals surface area contributed by atoms with Crippen LogP contribution in [0.15, 0.2) is 24.5 Å². The highest BCUT2D eigenvalue weighted by atomic mass is 16.5. The minimum atomic E-state index is -0.454. The van der Waals surface area contributed by atoms with Gasteiger partial charge in [0.15, 0.2) is 0 Å². The van der Waals surface area contributed by atoms with Crippen molar-refractivity contribution in [2.45, 2.75) is 32.3 Å². The van der Waals surface area contributed by atoms with Gasteiger partial charge in [0.1, 0.15) is 6.10 Å². The fourth-order valence-electron chi connectivity index (χ4n) is 4.36. The second-order valence-electron chi connectivity index (χ2n) is 7.20. The lowest BCUT2D eigenvalue weighted by Gasteiger charge is -2.26. The minimum Gasteiger partial charge on any atom is -0.368 e. The van der Waals surface area contributed by atoms with Gasteiger partial charge in [-0.05, 0) is 37.3 Å². The van der Waals surface area contributed by atoms with Gasteiger partial charge in [-0.25, -0.2) is 0 Å². The van der Waals surface area contributed by atoms with Gasteiger partial charge in [-0.2, -0.15) is 0 Å². The number of carbonyl (C=O) groups is 2. The Morgan fingerprint density at radius 2 is 2.33 bits per heavy atom. The van der Waals surface area contributed by atoms with Crippen molar-refractivity contribution in [3.05, 3.63) is 24.5 Å². The smallest absolute Gasteiger partial charge is 0.251 e. The van der Waals surface area contributed by atoms with Crippen LogP contribution in [0.25, 0.3) is 0 Å². The third-order valence-corrected chi connectivity index (χ3v) is 5.84. The number of aromatic nitrogens is 1. The van der Waals surface area contributed by atoms with Crippen molar-refractivity contribution >= 4 is 17.5 Å². The van der Waals surface area contributed by atoms with E-state index in [1.54, 1.807) is 12.4 Å². The van der Waals surface area contributed by atoms with E-state index >= 15 is 0 Å². The van der Waals surface area contributed by atoms with Crippen molar-refractivity contribution in [3.63, 3.8) is 0 Å². The van der Waals surface area contributed by atoms with Gasteiger partial charge >= 0.3 is 0 Å². The first kappa shape index (κ1) is 15.6. The van der Waals surface area contributed by atoms with Crippen LogP contribution in [0.3, 0.4) is 0 Å². The summed E-state index contributed by atoms with van der Waals surface area (Å²) < 4.78 is 5.54. The highest BCUT2D eigenvalue weighted by Crippen LogP contribution is 2.46. The maximum absolute atomic E-state index is 13.2. The van der Waals surface area contributed by atoms with Crippen LogP contribution in [0.4, 0.5) is 5.69 Å². The maximum Gasteiger partial charge on any atom is 0.251 e. The summed E-state index contributed by atoms with van der Waals surface area (Å²) >= 11 is 0. The highest BCUT2D eigenvalue weighted by molar-refractivity contribution is 6.01. The van der Waals surface area contributed by atoms with Gasteiger partial charge in [0.05, 0.1) is 17.3 Å². The number of likely N-dealkylation sites (tertiary alicyclic amines) is 1. The van der Waals surface area contributed by atoms with Gasteiger partial charge < -0.3 is 14.5 Å². The van der Waals surface area contributed by atoms with E-state index in [4.69, 9.17) is 4.74 Å². The molecule has 3 aliphatic rings. The molecule has 4 heterocycles. The molecule has 0 aromatic carbocycles. The van der Waals surface area contributed by atoms with Crippen molar-refractivity contribution in [1.29, 1.82) is 0 Å². The predicted molar refractivity (Wildman–Crippen MR) is 88.4 cm³/mol. The van der Waals surface area contributed by atoms with Gasteiger partial charge in [0, 0.05) is 32.4 Å². The van der Waals surface area contributed by atoms with Gasteiger partial charge in [-0.3, -0.25) is 14.6 Å². The van der Waals surface area contributed by atoms with Crippen LogP contribution in [0.1, 0.15) is 26.2 Å². The lowest BCUT2D eigenvalue weighted by Crippen LogP contribution is -2.42. The number of nitrogens with zero attached hydrogens (tertiary/aromatic N) is 3. The standard InChI is InChI=1S/C18H23N3O3/c1-13-11-20(16(22)15-5-3-9-24-15)12-18(13)6-8-21(17(18)23)14-4-2-7-19-10-14/h2,4,7,10,13,15H,3,5-6,8-9,11-12H2,1H3/t13?,15-,18-/m1/s1. The molecule has 6 heteroatoms. The molecule has 3 fully saturated rings. The molecule has 0 saturated carbocycles. The number of amides is 2. The van der Waals surface area contributed by atoms with E-state index in [2.05, 4.69) is 11.9 Å². The summed E-state index contributed by atoms with van der Waals surface area (Å²) in [6, 6.07) is 3.76. The van der Waals surface area contributed by atoms with E-state index in [0.29, 0.717) is 26.2 Å². The quantitative estimate of drug-likeness (QED) is 0.824. The van der Waals surface area contributed by atoms with Crippen molar-refractivity contribution in [1.82, 2.24) is 9.88 Å². The van der Waals surface area contributed by atoms with E-state index in [1.165, 1.54) is 0 Å². The lowest BCUT2D eigenvalue weighted by atomic mass is 9.78. The molecule has 1 unspecified atom stereocenters. The maximum atomic E-state index is 13.2. The van der Waals surface area contributed by atoms with E-state index in [1.807, 2.05) is 21.9 Å². The lowest BCUT2D eigenvalue weighted by molar-refractivity contribution is -0.140. The molecular weight excluding hydrogens is 306 g/mol. The topological polar surface area (TPSA) is 62.7 Å². The summed E-state index contributed by atoms with van der Waals surface area (Å²) in [6.07, 6.45) is 5.66. The largest absolute Gasteiger partial charge is 0.368 e. The Morgan fingerprint density at radius 3 is 3.04 bits per heavy atom. The average Bonchev–Trinajstić information content (AvgIpc) is 3.31. The Hall–Kier alpha value is -1.95. The van der Waals surface area contributed by atoms with Crippen LogP contribution >= 0.6 is 0 Å². The third-order valence-electron chi connectivity index (χ3n) is 5.84. The molecule has 0 N–H and O–H groups in total. The number of ether oxygens (including phenoxy) is 1.